The van der Waals surface area contributed by atoms with Crippen LogP contribution in [0.2, 0.25) is 0 Å². The number of nitrogens with one attached hydrogen (secondary N) is 2. The number of pyridine rings is 2. The van der Waals surface area contributed by atoms with Crippen LogP contribution in [0, 0.1) is 0 Å². The van der Waals surface area contributed by atoms with Gasteiger partial charge in [0.05, 0.1) is 6.10 Å². The Bertz CT molecular complexity index is 602. The molecule has 116 valence electrons. The number of nitrogens with zero attached hydrogens (tertiary/aromatic N) is 2. The molecule has 6 heteroatoms. The molecule has 0 radical (unpaired) electrons. The summed E-state index contributed by atoms with van der Waals surface area (Å²) in [7, 11) is 0. The maximum atomic E-state index is 11.8. The molecule has 2 aromatic rings. The summed E-state index contributed by atoms with van der Waals surface area (Å²) in [5.74, 6) is 0.548. The van der Waals surface area contributed by atoms with Crippen molar-refractivity contribution in [2.45, 2.75) is 33.0 Å². The molecule has 0 aliphatic rings. The van der Waals surface area contributed by atoms with Crippen molar-refractivity contribution in [3.8, 4) is 5.88 Å². The van der Waals surface area contributed by atoms with Crippen LogP contribution in [-0.4, -0.2) is 22.1 Å². The van der Waals surface area contributed by atoms with Gasteiger partial charge in [-0.25, -0.2) is 9.78 Å². The van der Waals surface area contributed by atoms with Gasteiger partial charge in [0.2, 0.25) is 5.88 Å². The molecule has 0 spiro atoms. The van der Waals surface area contributed by atoms with E-state index in [9.17, 15) is 4.79 Å². The lowest BCUT2D eigenvalue weighted by atomic mass is 10.2. The first-order valence-corrected chi connectivity index (χ1v) is 7.16. The summed E-state index contributed by atoms with van der Waals surface area (Å²) in [5.41, 5.74) is 1.84. The fraction of sp³-hybridized carbons (Fsp3) is 0.312. The van der Waals surface area contributed by atoms with E-state index in [-0.39, 0.29) is 12.1 Å². The SMILES string of the molecule is CC(C)Oc1ncccc1CNC(=O)NCc1ccncc1. The molecule has 0 saturated heterocycles. The molecule has 2 rings (SSSR count). The van der Waals surface area contributed by atoms with Crippen LogP contribution in [0.15, 0.2) is 42.9 Å². The van der Waals surface area contributed by atoms with Crippen LogP contribution in [0.5, 0.6) is 5.88 Å². The second-order valence-corrected chi connectivity index (χ2v) is 5.03. The van der Waals surface area contributed by atoms with E-state index < -0.39 is 0 Å². The molecule has 0 aliphatic heterocycles. The van der Waals surface area contributed by atoms with Gasteiger partial charge in [-0.15, -0.1) is 0 Å². The standard InChI is InChI=1S/C16H20N4O2/c1-12(2)22-15-14(4-3-7-18-15)11-20-16(21)19-10-13-5-8-17-9-6-13/h3-9,12H,10-11H2,1-2H3,(H2,19,20,21). The molecular formula is C16H20N4O2. The molecule has 6 nitrogen and oxygen atoms in total. The van der Waals surface area contributed by atoms with Gasteiger partial charge in [0.25, 0.3) is 0 Å². The maximum absolute atomic E-state index is 11.8. The Morgan fingerprint density at radius 1 is 1.14 bits per heavy atom. The molecule has 0 fully saturated rings. The van der Waals surface area contributed by atoms with E-state index in [0.29, 0.717) is 19.0 Å². The molecule has 2 aromatic heterocycles. The topological polar surface area (TPSA) is 76.1 Å². The molecule has 2 N–H and O–H groups in total. The van der Waals surface area contributed by atoms with Crippen LogP contribution >= 0.6 is 0 Å². The maximum Gasteiger partial charge on any atom is 0.315 e. The molecule has 0 aromatic carbocycles. The lowest BCUT2D eigenvalue weighted by Gasteiger charge is -2.13. The molecule has 0 bridgehead atoms. The largest absolute Gasteiger partial charge is 0.475 e. The van der Waals surface area contributed by atoms with E-state index >= 15 is 0 Å². The van der Waals surface area contributed by atoms with E-state index in [4.69, 9.17) is 4.74 Å². The molecule has 22 heavy (non-hydrogen) atoms. The van der Waals surface area contributed by atoms with Gasteiger partial charge in [-0.05, 0) is 37.6 Å². The quantitative estimate of drug-likeness (QED) is 0.858. The van der Waals surface area contributed by atoms with Gasteiger partial charge in [0, 0.05) is 37.2 Å². The van der Waals surface area contributed by atoms with E-state index in [2.05, 4.69) is 20.6 Å². The van der Waals surface area contributed by atoms with E-state index in [1.807, 2.05) is 38.1 Å². The van der Waals surface area contributed by atoms with Crippen molar-refractivity contribution in [3.63, 3.8) is 0 Å². The van der Waals surface area contributed by atoms with Crippen LogP contribution < -0.4 is 15.4 Å². The Morgan fingerprint density at radius 3 is 2.59 bits per heavy atom. The molecule has 2 amide bonds. The second kappa shape index (κ2) is 7.97. The highest BCUT2D eigenvalue weighted by molar-refractivity contribution is 5.73. The molecule has 2 heterocycles. The van der Waals surface area contributed by atoms with Gasteiger partial charge in [-0.1, -0.05) is 6.07 Å². The zero-order chi connectivity index (χ0) is 15.8. The number of carbonyl (C=O) groups is 1. The third kappa shape index (κ3) is 5.05. The van der Waals surface area contributed by atoms with Gasteiger partial charge in [-0.3, -0.25) is 4.98 Å². The normalized spacial score (nSPS) is 10.3. The first-order chi connectivity index (χ1) is 10.6. The summed E-state index contributed by atoms with van der Waals surface area (Å²) in [6.07, 6.45) is 5.10. The van der Waals surface area contributed by atoms with Crippen molar-refractivity contribution in [1.29, 1.82) is 0 Å². The second-order valence-electron chi connectivity index (χ2n) is 5.03. The van der Waals surface area contributed by atoms with Gasteiger partial charge in [0.15, 0.2) is 0 Å². The van der Waals surface area contributed by atoms with Crippen LogP contribution in [0.1, 0.15) is 25.0 Å². The number of ether oxygens (including phenoxy) is 1. The fourth-order valence-electron chi connectivity index (χ4n) is 1.81. The van der Waals surface area contributed by atoms with Crippen molar-refractivity contribution in [3.05, 3.63) is 54.0 Å². The molecule has 0 unspecified atom stereocenters. The van der Waals surface area contributed by atoms with Gasteiger partial charge < -0.3 is 15.4 Å². The predicted molar refractivity (Wildman–Crippen MR) is 83.3 cm³/mol. The Labute approximate surface area is 129 Å². The molecular weight excluding hydrogens is 280 g/mol. The Hall–Kier alpha value is -2.63. The summed E-state index contributed by atoms with van der Waals surface area (Å²) < 4.78 is 5.62. The average Bonchev–Trinajstić information content (AvgIpc) is 2.52. The minimum Gasteiger partial charge on any atom is -0.475 e. The number of carbonyl (C=O) groups excluding carboxylic acids is 1. The Balaban J connectivity index is 1.83. The van der Waals surface area contributed by atoms with E-state index in [0.717, 1.165) is 11.1 Å². The van der Waals surface area contributed by atoms with Crippen molar-refractivity contribution >= 4 is 6.03 Å². The highest BCUT2D eigenvalue weighted by Crippen LogP contribution is 2.15. The third-order valence-corrected chi connectivity index (χ3v) is 2.84. The number of hydrogen-bond acceptors (Lipinski definition) is 4. The van der Waals surface area contributed by atoms with Crippen LogP contribution in [-0.2, 0) is 13.1 Å². The number of urea groups is 1. The molecule has 0 aliphatic carbocycles. The average molecular weight is 300 g/mol. The molecule has 0 saturated carbocycles. The van der Waals surface area contributed by atoms with E-state index in [1.165, 1.54) is 0 Å². The predicted octanol–water partition coefficient (Wildman–Crippen LogP) is 2.26. The zero-order valence-electron chi connectivity index (χ0n) is 12.7. The molecule has 0 atom stereocenters. The van der Waals surface area contributed by atoms with Gasteiger partial charge in [-0.2, -0.15) is 0 Å². The summed E-state index contributed by atoms with van der Waals surface area (Å²) in [6, 6.07) is 7.18. The minimum atomic E-state index is -0.240. The summed E-state index contributed by atoms with van der Waals surface area (Å²) in [4.78, 5) is 19.9. The van der Waals surface area contributed by atoms with Crippen molar-refractivity contribution < 1.29 is 9.53 Å². The van der Waals surface area contributed by atoms with Gasteiger partial charge >= 0.3 is 6.03 Å². The van der Waals surface area contributed by atoms with E-state index in [1.54, 1.807) is 18.6 Å². The lowest BCUT2D eigenvalue weighted by molar-refractivity contribution is 0.228. The summed E-state index contributed by atoms with van der Waals surface area (Å²) in [5, 5.41) is 5.59. The van der Waals surface area contributed by atoms with Crippen molar-refractivity contribution in [2.75, 3.05) is 0 Å². The zero-order valence-corrected chi connectivity index (χ0v) is 12.7. The highest BCUT2D eigenvalue weighted by Gasteiger charge is 2.08. The minimum absolute atomic E-state index is 0.0363. The Morgan fingerprint density at radius 2 is 1.86 bits per heavy atom. The van der Waals surface area contributed by atoms with Crippen LogP contribution in [0.4, 0.5) is 4.79 Å². The summed E-state index contributed by atoms with van der Waals surface area (Å²) >= 11 is 0. The number of rotatable bonds is 6. The van der Waals surface area contributed by atoms with Crippen molar-refractivity contribution in [2.24, 2.45) is 0 Å². The van der Waals surface area contributed by atoms with Crippen LogP contribution in [0.3, 0.4) is 0 Å². The third-order valence-electron chi connectivity index (χ3n) is 2.84. The monoisotopic (exact) mass is 300 g/mol. The first-order valence-electron chi connectivity index (χ1n) is 7.16. The number of amides is 2. The first kappa shape index (κ1) is 15.8. The highest BCUT2D eigenvalue weighted by atomic mass is 16.5. The van der Waals surface area contributed by atoms with Crippen molar-refractivity contribution in [1.82, 2.24) is 20.6 Å². The number of hydrogen-bond donors (Lipinski definition) is 2. The lowest BCUT2D eigenvalue weighted by Crippen LogP contribution is -2.34. The van der Waals surface area contributed by atoms with Gasteiger partial charge in [0.1, 0.15) is 0 Å². The summed E-state index contributed by atoms with van der Waals surface area (Å²) in [6.45, 7) is 4.69. The Kier molecular flexibility index (Phi) is 5.71. The number of aromatic nitrogens is 2. The fourth-order valence-corrected chi connectivity index (χ4v) is 1.81. The smallest absolute Gasteiger partial charge is 0.315 e. The van der Waals surface area contributed by atoms with Crippen LogP contribution in [0.25, 0.3) is 0 Å².